The van der Waals surface area contributed by atoms with Gasteiger partial charge >= 0.3 is 11.9 Å². The van der Waals surface area contributed by atoms with Crippen LogP contribution in [0.15, 0.2) is 54.6 Å². The molecule has 158 valence electrons. The van der Waals surface area contributed by atoms with E-state index in [1.165, 1.54) is 30.3 Å². The van der Waals surface area contributed by atoms with Crippen LogP contribution >= 0.6 is 48.0 Å². The number of carboxylic acids is 2. The van der Waals surface area contributed by atoms with Crippen LogP contribution in [0, 0.1) is 0 Å². The fourth-order valence-corrected chi connectivity index (χ4v) is 2.43. The smallest absolute Gasteiger partial charge is 0.355 e. The van der Waals surface area contributed by atoms with E-state index in [1.807, 2.05) is 0 Å². The first kappa shape index (κ1) is 27.3. The zero-order valence-corrected chi connectivity index (χ0v) is 17.9. The van der Waals surface area contributed by atoms with Crippen molar-refractivity contribution in [1.29, 1.82) is 0 Å². The van der Waals surface area contributed by atoms with Gasteiger partial charge < -0.3 is 10.2 Å². The predicted molar refractivity (Wildman–Crippen MR) is 117 cm³/mol. The molecule has 0 fully saturated rings. The highest BCUT2D eigenvalue weighted by atomic mass is 35.5. The monoisotopic (exact) mass is 491 g/mol. The molecule has 0 saturated heterocycles. The molecule has 30 heavy (non-hydrogen) atoms. The highest BCUT2D eigenvalue weighted by molar-refractivity contribution is 6.68. The van der Waals surface area contributed by atoms with Crippen LogP contribution < -0.4 is 0 Å². The molecule has 0 aliphatic heterocycles. The average Bonchev–Trinajstić information content (AvgIpc) is 2.67. The molecule has 0 aliphatic carbocycles. The molecule has 0 bridgehead atoms. The van der Waals surface area contributed by atoms with Gasteiger partial charge in [-0.2, -0.15) is 0 Å². The summed E-state index contributed by atoms with van der Waals surface area (Å²) in [6.07, 6.45) is 0. The Morgan fingerprint density at radius 2 is 1.20 bits per heavy atom. The maximum atomic E-state index is 10.9. The summed E-state index contributed by atoms with van der Waals surface area (Å²) >= 11 is 10.4. The van der Waals surface area contributed by atoms with E-state index in [0.29, 0.717) is 22.0 Å². The molecule has 7 nitrogen and oxygen atoms in total. The standard InChI is InChI=1S/C11H7NO4.C8H4Cl2O2.2ClH/c13-10(14)7-5-6-3-1-2-4-8(6)12-9(7)11(15)16;9-7(11)5-1-2-6(4-3-5)8(10)12;;/h1-5H,(H,13,14)(H,15,16);1-4H;2*1H. The summed E-state index contributed by atoms with van der Waals surface area (Å²) in [5.41, 5.74) is 0.416. The van der Waals surface area contributed by atoms with E-state index >= 15 is 0 Å². The molecule has 0 saturated carbocycles. The Balaban J connectivity index is 0.000000545. The number of hydrogen-bond donors (Lipinski definition) is 2. The lowest BCUT2D eigenvalue weighted by Crippen LogP contribution is -2.10. The van der Waals surface area contributed by atoms with Crippen LogP contribution in [0.3, 0.4) is 0 Å². The Labute approximate surface area is 192 Å². The summed E-state index contributed by atoms with van der Waals surface area (Å²) in [6, 6.07) is 13.9. The first-order valence-electron chi connectivity index (χ1n) is 7.56. The predicted octanol–water partition coefficient (Wildman–Crippen LogP) is 4.92. The zero-order valence-electron chi connectivity index (χ0n) is 14.7. The number of fused-ring (bicyclic) bond motifs is 1. The molecular weight excluding hydrogens is 480 g/mol. The number of benzene rings is 2. The van der Waals surface area contributed by atoms with Gasteiger partial charge in [0.25, 0.3) is 10.5 Å². The number of pyridine rings is 1. The van der Waals surface area contributed by atoms with Crippen molar-refractivity contribution in [2.45, 2.75) is 0 Å². The van der Waals surface area contributed by atoms with Crippen LogP contribution in [0.4, 0.5) is 0 Å². The van der Waals surface area contributed by atoms with Crippen LogP contribution in [0.5, 0.6) is 0 Å². The summed E-state index contributed by atoms with van der Waals surface area (Å²) < 4.78 is 0. The van der Waals surface area contributed by atoms with Gasteiger partial charge in [0, 0.05) is 16.5 Å². The summed E-state index contributed by atoms with van der Waals surface area (Å²) in [5.74, 6) is -2.64. The molecule has 0 unspecified atom stereocenters. The number of aromatic carboxylic acids is 2. The molecule has 2 N–H and O–H groups in total. The zero-order chi connectivity index (χ0) is 20.8. The number of carbonyl (C=O) groups is 4. The summed E-state index contributed by atoms with van der Waals surface area (Å²) in [4.78, 5) is 46.7. The van der Waals surface area contributed by atoms with Crippen molar-refractivity contribution in [3.8, 4) is 0 Å². The van der Waals surface area contributed by atoms with E-state index < -0.39 is 28.1 Å². The highest BCUT2D eigenvalue weighted by Crippen LogP contribution is 2.16. The number of hydrogen-bond acceptors (Lipinski definition) is 5. The number of carbonyl (C=O) groups excluding carboxylic acids is 2. The van der Waals surface area contributed by atoms with E-state index in [-0.39, 0.29) is 30.4 Å². The Hall–Kier alpha value is -2.71. The Morgan fingerprint density at radius 3 is 1.60 bits per heavy atom. The fourth-order valence-electron chi connectivity index (χ4n) is 2.17. The van der Waals surface area contributed by atoms with E-state index in [1.54, 1.807) is 24.3 Å². The van der Waals surface area contributed by atoms with Gasteiger partial charge in [-0.05, 0) is 59.6 Å². The van der Waals surface area contributed by atoms with E-state index in [4.69, 9.17) is 33.4 Å². The van der Waals surface area contributed by atoms with Crippen LogP contribution in [0.25, 0.3) is 10.9 Å². The number of nitrogens with zero attached hydrogens (tertiary/aromatic N) is 1. The van der Waals surface area contributed by atoms with Crippen LogP contribution in [0.2, 0.25) is 0 Å². The van der Waals surface area contributed by atoms with Gasteiger partial charge in [0.1, 0.15) is 0 Å². The van der Waals surface area contributed by atoms with Crippen LogP contribution in [-0.2, 0) is 0 Å². The first-order valence-corrected chi connectivity index (χ1v) is 8.32. The normalized spacial score (nSPS) is 9.27. The topological polar surface area (TPSA) is 122 Å². The molecule has 0 amide bonds. The molecule has 3 aromatic rings. The summed E-state index contributed by atoms with van der Waals surface area (Å²) in [7, 11) is 0. The number of halogens is 4. The van der Waals surface area contributed by atoms with E-state index in [2.05, 4.69) is 4.98 Å². The quantitative estimate of drug-likeness (QED) is 0.495. The van der Waals surface area contributed by atoms with Gasteiger partial charge in [0.05, 0.1) is 11.1 Å². The number of aromatic nitrogens is 1. The Kier molecular flexibility index (Phi) is 11.0. The van der Waals surface area contributed by atoms with Gasteiger partial charge in [-0.3, -0.25) is 9.59 Å². The lowest BCUT2D eigenvalue weighted by atomic mass is 10.1. The Morgan fingerprint density at radius 1 is 0.733 bits per heavy atom. The van der Waals surface area contributed by atoms with Crippen LogP contribution in [0.1, 0.15) is 41.6 Å². The van der Waals surface area contributed by atoms with Crippen LogP contribution in [-0.4, -0.2) is 37.6 Å². The maximum absolute atomic E-state index is 10.9. The molecule has 0 spiro atoms. The SMILES string of the molecule is Cl.Cl.O=C(Cl)c1ccc(C(=O)Cl)cc1.O=C(O)c1cc2ccccc2nc1C(=O)O. The van der Waals surface area contributed by atoms with Crippen molar-refractivity contribution >= 4 is 81.3 Å². The van der Waals surface area contributed by atoms with Crippen molar-refractivity contribution < 1.29 is 29.4 Å². The van der Waals surface area contributed by atoms with Gasteiger partial charge in [-0.15, -0.1) is 24.8 Å². The first-order chi connectivity index (χ1) is 13.2. The minimum atomic E-state index is -1.34. The minimum absolute atomic E-state index is 0. The van der Waals surface area contributed by atoms with Gasteiger partial charge in [0.15, 0.2) is 5.69 Å². The molecule has 0 aliphatic rings. The van der Waals surface area contributed by atoms with Crippen molar-refractivity contribution in [3.05, 3.63) is 77.0 Å². The molecule has 11 heteroatoms. The van der Waals surface area contributed by atoms with Gasteiger partial charge in [-0.1, -0.05) is 18.2 Å². The molecular formula is C19H13Cl4NO6. The Bertz CT molecular complexity index is 1000. The molecule has 1 aromatic heterocycles. The van der Waals surface area contributed by atoms with Gasteiger partial charge in [-0.25, -0.2) is 14.6 Å². The minimum Gasteiger partial charge on any atom is -0.478 e. The molecule has 0 radical (unpaired) electrons. The highest BCUT2D eigenvalue weighted by Gasteiger charge is 2.18. The van der Waals surface area contributed by atoms with Crippen molar-refractivity contribution in [3.63, 3.8) is 0 Å². The number of carboxylic acid groups (broad SMARTS) is 2. The second kappa shape index (κ2) is 12.1. The molecule has 0 atom stereocenters. The average molecular weight is 493 g/mol. The lowest BCUT2D eigenvalue weighted by molar-refractivity contribution is 0.0647. The second-order valence-corrected chi connectivity index (χ2v) is 6.00. The third-order valence-corrected chi connectivity index (χ3v) is 3.93. The lowest BCUT2D eigenvalue weighted by Gasteiger charge is -2.03. The van der Waals surface area contributed by atoms with Crippen molar-refractivity contribution in [2.75, 3.05) is 0 Å². The number of rotatable bonds is 4. The summed E-state index contributed by atoms with van der Waals surface area (Å²) in [6.45, 7) is 0. The van der Waals surface area contributed by atoms with Crippen molar-refractivity contribution in [2.24, 2.45) is 0 Å². The second-order valence-electron chi connectivity index (χ2n) is 5.31. The molecule has 3 rings (SSSR count). The largest absolute Gasteiger partial charge is 0.478 e. The van der Waals surface area contributed by atoms with E-state index in [9.17, 15) is 19.2 Å². The number of para-hydroxylation sites is 1. The third kappa shape index (κ3) is 6.96. The molecule has 1 heterocycles. The third-order valence-electron chi connectivity index (χ3n) is 3.50. The van der Waals surface area contributed by atoms with Crippen molar-refractivity contribution in [1.82, 2.24) is 4.98 Å². The fraction of sp³-hybridized carbons (Fsp3) is 0. The summed E-state index contributed by atoms with van der Waals surface area (Å²) in [5, 5.41) is 17.2. The maximum Gasteiger partial charge on any atom is 0.355 e. The van der Waals surface area contributed by atoms with Gasteiger partial charge in [0.2, 0.25) is 0 Å². The van der Waals surface area contributed by atoms with E-state index in [0.717, 1.165) is 0 Å². The molecule has 2 aromatic carbocycles.